The lowest BCUT2D eigenvalue weighted by atomic mass is 9.79. The van der Waals surface area contributed by atoms with Crippen molar-refractivity contribution in [2.24, 2.45) is 5.41 Å². The Morgan fingerprint density at radius 1 is 1.17 bits per heavy atom. The fourth-order valence-electron chi connectivity index (χ4n) is 3.40. The fourth-order valence-corrected chi connectivity index (χ4v) is 3.40. The zero-order valence-electron chi connectivity index (χ0n) is 12.9. The molecule has 1 amide bonds. The molecule has 0 bridgehead atoms. The maximum absolute atomic E-state index is 12.2. The third-order valence-corrected chi connectivity index (χ3v) is 4.75. The van der Waals surface area contributed by atoms with Crippen molar-refractivity contribution < 1.29 is 13.9 Å². The molecule has 1 unspecified atom stereocenters. The van der Waals surface area contributed by atoms with Gasteiger partial charge in [0.05, 0.1) is 13.2 Å². The molecule has 6 nitrogen and oxygen atoms in total. The second-order valence-corrected chi connectivity index (χ2v) is 6.42. The summed E-state index contributed by atoms with van der Waals surface area (Å²) in [5.41, 5.74) is 1.01. The first kappa shape index (κ1) is 14.4. The van der Waals surface area contributed by atoms with Gasteiger partial charge in [-0.15, -0.1) is 10.2 Å². The number of ether oxygens (including phenoxy) is 1. The summed E-state index contributed by atoms with van der Waals surface area (Å²) < 4.78 is 11.3. The predicted octanol–water partition coefficient (Wildman–Crippen LogP) is 2.27. The van der Waals surface area contributed by atoms with Crippen molar-refractivity contribution in [1.82, 2.24) is 15.1 Å². The van der Waals surface area contributed by atoms with Gasteiger partial charge in [-0.25, -0.2) is 0 Å². The Labute approximate surface area is 134 Å². The normalized spacial score (nSPS) is 24.5. The van der Waals surface area contributed by atoms with E-state index in [0.717, 1.165) is 38.2 Å². The molecule has 1 aromatic carbocycles. The Morgan fingerprint density at radius 2 is 2.04 bits per heavy atom. The summed E-state index contributed by atoms with van der Waals surface area (Å²) in [5, 5.41) is 8.18. The van der Waals surface area contributed by atoms with E-state index < -0.39 is 0 Å². The molecule has 2 aliphatic heterocycles. The van der Waals surface area contributed by atoms with Crippen LogP contribution in [0.3, 0.4) is 0 Å². The molecule has 4 rings (SSSR count). The fraction of sp³-hybridized carbons (Fsp3) is 0.471. The molecule has 1 spiro atoms. The first-order valence-electron chi connectivity index (χ1n) is 7.98. The summed E-state index contributed by atoms with van der Waals surface area (Å²) >= 11 is 0. The van der Waals surface area contributed by atoms with Crippen LogP contribution in [-0.2, 0) is 16.1 Å². The van der Waals surface area contributed by atoms with Gasteiger partial charge in [0, 0.05) is 30.6 Å². The van der Waals surface area contributed by atoms with Gasteiger partial charge in [0.2, 0.25) is 17.7 Å². The van der Waals surface area contributed by atoms with Crippen LogP contribution in [0, 0.1) is 5.41 Å². The van der Waals surface area contributed by atoms with Crippen LogP contribution in [0.5, 0.6) is 0 Å². The molecule has 23 heavy (non-hydrogen) atoms. The van der Waals surface area contributed by atoms with Crippen molar-refractivity contribution in [3.05, 3.63) is 36.2 Å². The van der Waals surface area contributed by atoms with Gasteiger partial charge in [0.25, 0.3) is 0 Å². The zero-order valence-corrected chi connectivity index (χ0v) is 12.9. The average Bonchev–Trinajstić information content (AvgIpc) is 3.22. The molecule has 6 heteroatoms. The summed E-state index contributed by atoms with van der Waals surface area (Å²) in [6.45, 7) is 2.63. The van der Waals surface area contributed by atoms with Crippen molar-refractivity contribution in [2.45, 2.75) is 25.8 Å². The quantitative estimate of drug-likeness (QED) is 0.869. The lowest BCUT2D eigenvalue weighted by molar-refractivity contribution is -0.138. The van der Waals surface area contributed by atoms with Crippen LogP contribution >= 0.6 is 0 Å². The van der Waals surface area contributed by atoms with Crippen LogP contribution in [-0.4, -0.2) is 40.8 Å². The number of hydrogen-bond donors (Lipinski definition) is 0. The van der Waals surface area contributed by atoms with E-state index in [2.05, 4.69) is 10.2 Å². The van der Waals surface area contributed by atoms with E-state index in [0.29, 0.717) is 24.7 Å². The molecule has 1 aromatic heterocycles. The monoisotopic (exact) mass is 313 g/mol. The SMILES string of the molecule is O=C1CCC2(CCOC2)CN1Cc1nnc(-c2ccccc2)o1. The number of piperidine rings is 1. The number of amides is 1. The molecule has 0 N–H and O–H groups in total. The number of nitrogens with zero attached hydrogens (tertiary/aromatic N) is 3. The Balaban J connectivity index is 1.49. The number of carbonyl (C=O) groups is 1. The Morgan fingerprint density at radius 3 is 2.83 bits per heavy atom. The van der Waals surface area contributed by atoms with Crippen molar-refractivity contribution in [3.8, 4) is 11.5 Å². The van der Waals surface area contributed by atoms with E-state index in [1.807, 2.05) is 35.2 Å². The Bertz CT molecular complexity index is 692. The van der Waals surface area contributed by atoms with Crippen LogP contribution in [0.15, 0.2) is 34.7 Å². The molecule has 2 fully saturated rings. The topological polar surface area (TPSA) is 68.5 Å². The van der Waals surface area contributed by atoms with Crippen LogP contribution in [0.25, 0.3) is 11.5 Å². The summed E-state index contributed by atoms with van der Waals surface area (Å²) in [4.78, 5) is 14.0. The summed E-state index contributed by atoms with van der Waals surface area (Å²) in [6.07, 6.45) is 2.51. The van der Waals surface area contributed by atoms with Gasteiger partial charge in [-0.3, -0.25) is 4.79 Å². The molecule has 1 atom stereocenters. The maximum Gasteiger partial charge on any atom is 0.247 e. The highest BCUT2D eigenvalue weighted by atomic mass is 16.5. The number of rotatable bonds is 3. The molecule has 2 aromatic rings. The van der Waals surface area contributed by atoms with Crippen molar-refractivity contribution in [1.29, 1.82) is 0 Å². The third kappa shape index (κ3) is 2.86. The molecule has 0 saturated carbocycles. The second kappa shape index (κ2) is 5.77. The van der Waals surface area contributed by atoms with Gasteiger partial charge >= 0.3 is 0 Å². The molecule has 2 saturated heterocycles. The van der Waals surface area contributed by atoms with Gasteiger partial charge in [-0.2, -0.15) is 0 Å². The predicted molar refractivity (Wildman–Crippen MR) is 82.3 cm³/mol. The number of hydrogen-bond acceptors (Lipinski definition) is 5. The number of carbonyl (C=O) groups excluding carboxylic acids is 1. The largest absolute Gasteiger partial charge is 0.419 e. The van der Waals surface area contributed by atoms with E-state index in [9.17, 15) is 4.79 Å². The van der Waals surface area contributed by atoms with Crippen molar-refractivity contribution in [2.75, 3.05) is 19.8 Å². The number of benzene rings is 1. The minimum atomic E-state index is 0.121. The highest BCUT2D eigenvalue weighted by molar-refractivity contribution is 5.77. The van der Waals surface area contributed by atoms with Gasteiger partial charge < -0.3 is 14.1 Å². The Hall–Kier alpha value is -2.21. The van der Waals surface area contributed by atoms with Gasteiger partial charge in [-0.1, -0.05) is 18.2 Å². The molecule has 3 heterocycles. The van der Waals surface area contributed by atoms with Crippen molar-refractivity contribution >= 4 is 5.91 Å². The highest BCUT2D eigenvalue weighted by Crippen LogP contribution is 2.38. The van der Waals surface area contributed by atoms with E-state index in [1.165, 1.54) is 0 Å². The average molecular weight is 313 g/mol. The van der Waals surface area contributed by atoms with E-state index in [1.54, 1.807) is 0 Å². The van der Waals surface area contributed by atoms with Gasteiger partial charge in [0.1, 0.15) is 0 Å². The first-order valence-corrected chi connectivity index (χ1v) is 7.98. The number of aromatic nitrogens is 2. The molecular formula is C17H19N3O3. The minimum absolute atomic E-state index is 0.121. The molecule has 0 aliphatic carbocycles. The van der Waals surface area contributed by atoms with Crippen LogP contribution in [0.2, 0.25) is 0 Å². The molecule has 120 valence electrons. The van der Waals surface area contributed by atoms with Crippen molar-refractivity contribution in [3.63, 3.8) is 0 Å². The third-order valence-electron chi connectivity index (χ3n) is 4.75. The Kier molecular flexibility index (Phi) is 3.61. The summed E-state index contributed by atoms with van der Waals surface area (Å²) in [6, 6.07) is 9.65. The highest BCUT2D eigenvalue weighted by Gasteiger charge is 2.41. The number of likely N-dealkylation sites (tertiary alicyclic amines) is 1. The molecular weight excluding hydrogens is 294 g/mol. The minimum Gasteiger partial charge on any atom is -0.419 e. The standard InChI is InChI=1S/C17H19N3O3/c21-15-6-7-17(8-9-22-12-17)11-20(15)10-14-18-19-16(23-14)13-4-2-1-3-5-13/h1-5H,6-12H2. The summed E-state index contributed by atoms with van der Waals surface area (Å²) in [7, 11) is 0. The lowest BCUT2D eigenvalue weighted by Crippen LogP contribution is -2.46. The van der Waals surface area contributed by atoms with Crippen LogP contribution in [0.4, 0.5) is 0 Å². The maximum atomic E-state index is 12.2. The zero-order chi connectivity index (χ0) is 15.7. The first-order chi connectivity index (χ1) is 11.2. The molecule has 0 radical (unpaired) electrons. The van der Waals surface area contributed by atoms with Gasteiger partial charge in [0.15, 0.2) is 0 Å². The molecule has 2 aliphatic rings. The smallest absolute Gasteiger partial charge is 0.247 e. The van der Waals surface area contributed by atoms with Crippen LogP contribution in [0.1, 0.15) is 25.2 Å². The summed E-state index contributed by atoms with van der Waals surface area (Å²) in [5.74, 6) is 1.12. The second-order valence-electron chi connectivity index (χ2n) is 6.42. The van der Waals surface area contributed by atoms with Gasteiger partial charge in [-0.05, 0) is 25.0 Å². The van der Waals surface area contributed by atoms with Crippen LogP contribution < -0.4 is 0 Å². The van der Waals surface area contributed by atoms with E-state index in [4.69, 9.17) is 9.15 Å². The lowest BCUT2D eigenvalue weighted by Gasteiger charge is -2.38. The van der Waals surface area contributed by atoms with E-state index in [-0.39, 0.29) is 11.3 Å². The van der Waals surface area contributed by atoms with E-state index >= 15 is 0 Å².